The van der Waals surface area contributed by atoms with Crippen molar-refractivity contribution >= 4 is 21.7 Å². The molecule has 8 nitrogen and oxygen atoms in total. The molecule has 0 fully saturated rings. The Morgan fingerprint density at radius 1 is 1.32 bits per heavy atom. The summed E-state index contributed by atoms with van der Waals surface area (Å²) in [4.78, 5) is 12.1. The topological polar surface area (TPSA) is 118 Å². The van der Waals surface area contributed by atoms with E-state index in [1.807, 2.05) is 10.8 Å². The lowest BCUT2D eigenvalue weighted by Crippen LogP contribution is -2.34. The number of hydrogen-bond donors (Lipinski definition) is 3. The van der Waals surface area contributed by atoms with Crippen LogP contribution in [0.1, 0.15) is 25.0 Å². The Kier molecular flexibility index (Phi) is 4.21. The summed E-state index contributed by atoms with van der Waals surface area (Å²) < 4.78 is 36.7. The molecule has 134 valence electrons. The van der Waals surface area contributed by atoms with Gasteiger partial charge in [0, 0.05) is 18.1 Å². The standard InChI is InChI=1S/C16H18N2O6S/c1-16(2,20)11-8-13(24-9-11)25(21,22)18-15(19)17-12-5-3-4-10-6-7-23-14(10)12/h3-5,8-9,20H,6-7H2,1-2H3,(H2,17,18,19). The SMILES string of the molecule is CC(C)(O)c1coc(S(=O)(=O)NC(=O)Nc2cccc3c2OCC3)c1. The number of aliphatic hydroxyl groups is 1. The Morgan fingerprint density at radius 2 is 2.08 bits per heavy atom. The monoisotopic (exact) mass is 366 g/mol. The molecule has 0 aliphatic carbocycles. The van der Waals surface area contributed by atoms with Crippen LogP contribution in [-0.4, -0.2) is 26.2 Å². The maximum Gasteiger partial charge on any atom is 0.333 e. The van der Waals surface area contributed by atoms with E-state index >= 15 is 0 Å². The number of urea groups is 1. The molecule has 2 aromatic rings. The molecule has 2 heterocycles. The summed E-state index contributed by atoms with van der Waals surface area (Å²) in [6.07, 6.45) is 1.86. The summed E-state index contributed by atoms with van der Waals surface area (Å²) in [6.45, 7) is 3.49. The van der Waals surface area contributed by atoms with Crippen molar-refractivity contribution in [3.63, 3.8) is 0 Å². The van der Waals surface area contributed by atoms with E-state index in [9.17, 15) is 18.3 Å². The summed E-state index contributed by atoms with van der Waals surface area (Å²) in [7, 11) is -4.21. The normalized spacial score (nSPS) is 13.9. The third kappa shape index (κ3) is 3.62. The molecular weight excluding hydrogens is 348 g/mol. The van der Waals surface area contributed by atoms with Crippen LogP contribution in [0, 0.1) is 0 Å². The molecule has 1 aliphatic heterocycles. The van der Waals surface area contributed by atoms with Crippen LogP contribution in [0.25, 0.3) is 0 Å². The maximum absolute atomic E-state index is 12.2. The highest BCUT2D eigenvalue weighted by Gasteiger charge is 2.27. The average molecular weight is 366 g/mol. The van der Waals surface area contributed by atoms with Gasteiger partial charge >= 0.3 is 6.03 Å². The third-order valence-electron chi connectivity index (χ3n) is 3.74. The molecular formula is C16H18N2O6S. The summed E-state index contributed by atoms with van der Waals surface area (Å²) in [5, 5.41) is 11.9. The zero-order valence-electron chi connectivity index (χ0n) is 13.7. The maximum atomic E-state index is 12.2. The first-order chi connectivity index (χ1) is 11.7. The molecule has 3 N–H and O–H groups in total. The van der Waals surface area contributed by atoms with Crippen molar-refractivity contribution in [2.75, 3.05) is 11.9 Å². The summed E-state index contributed by atoms with van der Waals surface area (Å²) in [5.74, 6) is 0.539. The van der Waals surface area contributed by atoms with Gasteiger partial charge in [-0.3, -0.25) is 0 Å². The number of para-hydroxylation sites is 1. The van der Waals surface area contributed by atoms with Crippen LogP contribution in [0.3, 0.4) is 0 Å². The first-order valence-corrected chi connectivity index (χ1v) is 9.05. The van der Waals surface area contributed by atoms with Gasteiger partial charge in [-0.1, -0.05) is 12.1 Å². The number of ether oxygens (including phenoxy) is 1. The molecule has 0 saturated heterocycles. The number of anilines is 1. The quantitative estimate of drug-likeness (QED) is 0.761. The van der Waals surface area contributed by atoms with E-state index in [2.05, 4.69) is 5.32 Å². The van der Waals surface area contributed by atoms with Gasteiger partial charge in [0.1, 0.15) is 5.75 Å². The van der Waals surface area contributed by atoms with Gasteiger partial charge in [-0.05, 0) is 25.5 Å². The van der Waals surface area contributed by atoms with Crippen LogP contribution in [0.5, 0.6) is 5.75 Å². The molecule has 0 bridgehead atoms. The van der Waals surface area contributed by atoms with Gasteiger partial charge in [-0.15, -0.1) is 0 Å². The number of nitrogens with one attached hydrogen (secondary N) is 2. The highest BCUT2D eigenvalue weighted by Crippen LogP contribution is 2.33. The molecule has 0 unspecified atom stereocenters. The van der Waals surface area contributed by atoms with E-state index < -0.39 is 26.7 Å². The molecule has 0 spiro atoms. The molecule has 2 amide bonds. The van der Waals surface area contributed by atoms with Crippen LogP contribution in [-0.2, 0) is 22.0 Å². The van der Waals surface area contributed by atoms with Gasteiger partial charge < -0.3 is 19.6 Å². The van der Waals surface area contributed by atoms with E-state index in [1.165, 1.54) is 19.9 Å². The van der Waals surface area contributed by atoms with Crippen molar-refractivity contribution in [1.82, 2.24) is 4.72 Å². The fourth-order valence-electron chi connectivity index (χ4n) is 2.41. The number of fused-ring (bicyclic) bond motifs is 1. The van der Waals surface area contributed by atoms with Crippen molar-refractivity contribution in [1.29, 1.82) is 0 Å². The molecule has 0 atom stereocenters. The molecule has 1 aromatic carbocycles. The lowest BCUT2D eigenvalue weighted by Gasteiger charge is -2.13. The first kappa shape index (κ1) is 17.3. The van der Waals surface area contributed by atoms with Crippen LogP contribution in [0.2, 0.25) is 0 Å². The summed E-state index contributed by atoms with van der Waals surface area (Å²) in [5.41, 5.74) is 0.352. The second-order valence-corrected chi connectivity index (χ2v) is 7.78. The largest absolute Gasteiger partial charge is 0.491 e. The van der Waals surface area contributed by atoms with Crippen molar-refractivity contribution in [2.45, 2.75) is 31.0 Å². The molecule has 1 aromatic heterocycles. The Balaban J connectivity index is 1.74. The van der Waals surface area contributed by atoms with E-state index in [0.717, 1.165) is 18.2 Å². The molecule has 1 aliphatic rings. The predicted molar refractivity (Wildman–Crippen MR) is 88.9 cm³/mol. The van der Waals surface area contributed by atoms with Gasteiger partial charge in [0.25, 0.3) is 10.0 Å². The van der Waals surface area contributed by atoms with Gasteiger partial charge in [0.2, 0.25) is 5.09 Å². The van der Waals surface area contributed by atoms with Crippen LogP contribution in [0.15, 0.2) is 40.0 Å². The van der Waals surface area contributed by atoms with E-state index in [1.54, 1.807) is 12.1 Å². The van der Waals surface area contributed by atoms with Crippen molar-refractivity contribution in [3.8, 4) is 5.75 Å². The Morgan fingerprint density at radius 3 is 2.76 bits per heavy atom. The zero-order valence-corrected chi connectivity index (χ0v) is 14.5. The minimum atomic E-state index is -4.21. The molecule has 9 heteroatoms. The third-order valence-corrected chi connectivity index (χ3v) is 4.93. The van der Waals surface area contributed by atoms with Crippen molar-refractivity contribution < 1.29 is 27.5 Å². The number of benzene rings is 1. The Hall–Kier alpha value is -2.52. The second kappa shape index (κ2) is 6.08. The number of carbonyl (C=O) groups excluding carboxylic acids is 1. The van der Waals surface area contributed by atoms with Gasteiger partial charge in [-0.2, -0.15) is 8.42 Å². The minimum Gasteiger partial charge on any atom is -0.491 e. The number of amides is 2. The van der Waals surface area contributed by atoms with Crippen LogP contribution in [0.4, 0.5) is 10.5 Å². The van der Waals surface area contributed by atoms with E-state index in [0.29, 0.717) is 18.0 Å². The Bertz CT molecular complexity index is 911. The lowest BCUT2D eigenvalue weighted by molar-refractivity contribution is 0.0779. The predicted octanol–water partition coefficient (Wildman–Crippen LogP) is 1.95. The minimum absolute atomic E-state index is 0.280. The lowest BCUT2D eigenvalue weighted by atomic mass is 10.0. The number of hydrogen-bond acceptors (Lipinski definition) is 6. The second-order valence-electron chi connectivity index (χ2n) is 6.17. The number of furan rings is 1. The average Bonchev–Trinajstić information content (AvgIpc) is 3.16. The molecule has 25 heavy (non-hydrogen) atoms. The molecule has 0 radical (unpaired) electrons. The fraction of sp³-hybridized carbons (Fsp3) is 0.312. The van der Waals surface area contributed by atoms with Crippen LogP contribution < -0.4 is 14.8 Å². The van der Waals surface area contributed by atoms with Crippen molar-refractivity contribution in [3.05, 3.63) is 41.7 Å². The molecule has 3 rings (SSSR count). The summed E-state index contributed by atoms with van der Waals surface area (Å²) >= 11 is 0. The van der Waals surface area contributed by atoms with E-state index in [-0.39, 0.29) is 5.56 Å². The van der Waals surface area contributed by atoms with Gasteiger partial charge in [0.05, 0.1) is 24.2 Å². The van der Waals surface area contributed by atoms with Crippen molar-refractivity contribution in [2.24, 2.45) is 0 Å². The zero-order chi connectivity index (χ0) is 18.2. The number of carbonyl (C=O) groups is 1. The highest BCUT2D eigenvalue weighted by atomic mass is 32.2. The fourth-order valence-corrected chi connectivity index (χ4v) is 3.26. The first-order valence-electron chi connectivity index (χ1n) is 7.57. The molecule has 0 saturated carbocycles. The van der Waals surface area contributed by atoms with Crippen LogP contribution >= 0.6 is 0 Å². The van der Waals surface area contributed by atoms with Gasteiger partial charge in [-0.25, -0.2) is 9.52 Å². The van der Waals surface area contributed by atoms with Gasteiger partial charge in [0.15, 0.2) is 0 Å². The number of rotatable bonds is 4. The summed E-state index contributed by atoms with van der Waals surface area (Å²) in [6, 6.07) is 5.47. The number of sulfonamides is 1. The van der Waals surface area contributed by atoms with E-state index in [4.69, 9.17) is 9.15 Å². The smallest absolute Gasteiger partial charge is 0.333 e. The Labute approximate surface area is 144 Å². The highest BCUT2D eigenvalue weighted by molar-refractivity contribution is 7.89.